The molecule has 0 amide bonds. The van der Waals surface area contributed by atoms with Crippen LogP contribution in [0.2, 0.25) is 0 Å². The fraction of sp³-hybridized carbons (Fsp3) is 0.476. The zero-order valence-electron chi connectivity index (χ0n) is 15.0. The Bertz CT molecular complexity index is 745. The van der Waals surface area contributed by atoms with Crippen LogP contribution in [0.15, 0.2) is 30.1 Å². The van der Waals surface area contributed by atoms with Crippen molar-refractivity contribution in [3.05, 3.63) is 46.7 Å². The Labute approximate surface area is 148 Å². The predicted octanol–water partition coefficient (Wildman–Crippen LogP) is 5.17. The number of fused-ring (bicyclic) bond motifs is 3. The van der Waals surface area contributed by atoms with Gasteiger partial charge in [-0.05, 0) is 44.2 Å². The maximum atomic E-state index is 12.0. The SMILES string of the molecule is C=C1Oc2c(C(=O)O)c(CCCCC)cc(O)c2[C@@H]2C=C(C)CC[C@@H]12. The Morgan fingerprint density at radius 2 is 2.16 bits per heavy atom. The summed E-state index contributed by atoms with van der Waals surface area (Å²) in [6.07, 6.45) is 7.60. The molecule has 1 aromatic rings. The van der Waals surface area contributed by atoms with Gasteiger partial charge in [0.2, 0.25) is 0 Å². The number of allylic oxidation sites excluding steroid dienone is 3. The Morgan fingerprint density at radius 3 is 2.84 bits per heavy atom. The quantitative estimate of drug-likeness (QED) is 0.572. The Hall–Kier alpha value is -2.23. The third kappa shape index (κ3) is 3.17. The molecule has 2 aliphatic rings. The lowest BCUT2D eigenvalue weighted by molar-refractivity contribution is 0.0690. The third-order valence-corrected chi connectivity index (χ3v) is 5.37. The van der Waals surface area contributed by atoms with Gasteiger partial charge in [0, 0.05) is 17.4 Å². The van der Waals surface area contributed by atoms with Gasteiger partial charge in [0.25, 0.3) is 0 Å². The van der Waals surface area contributed by atoms with Crippen molar-refractivity contribution in [2.75, 3.05) is 0 Å². The molecule has 0 aromatic heterocycles. The maximum Gasteiger partial charge on any atom is 0.339 e. The monoisotopic (exact) mass is 342 g/mol. The minimum Gasteiger partial charge on any atom is -0.507 e. The summed E-state index contributed by atoms with van der Waals surface area (Å²) in [5.41, 5.74) is 2.68. The van der Waals surface area contributed by atoms with E-state index in [0.29, 0.717) is 23.3 Å². The average Bonchev–Trinajstić information content (AvgIpc) is 2.54. The number of ether oxygens (including phenoxy) is 1. The lowest BCUT2D eigenvalue weighted by Crippen LogP contribution is -2.27. The highest BCUT2D eigenvalue weighted by molar-refractivity contribution is 5.94. The number of phenols is 1. The van der Waals surface area contributed by atoms with Crippen LogP contribution in [0.25, 0.3) is 0 Å². The normalized spacial score (nSPS) is 21.8. The van der Waals surface area contributed by atoms with Crippen LogP contribution in [-0.2, 0) is 6.42 Å². The van der Waals surface area contributed by atoms with Crippen LogP contribution in [-0.4, -0.2) is 16.2 Å². The van der Waals surface area contributed by atoms with Crippen molar-refractivity contribution >= 4 is 5.97 Å². The van der Waals surface area contributed by atoms with Gasteiger partial charge in [0.05, 0.1) is 0 Å². The molecule has 0 spiro atoms. The van der Waals surface area contributed by atoms with Gasteiger partial charge in [-0.15, -0.1) is 0 Å². The minimum atomic E-state index is -1.01. The van der Waals surface area contributed by atoms with Gasteiger partial charge in [0.1, 0.15) is 22.8 Å². The number of benzene rings is 1. The van der Waals surface area contributed by atoms with Crippen LogP contribution >= 0.6 is 0 Å². The number of aromatic hydroxyl groups is 1. The second kappa shape index (κ2) is 6.95. The van der Waals surface area contributed by atoms with Crippen molar-refractivity contribution in [3.63, 3.8) is 0 Å². The lowest BCUT2D eigenvalue weighted by Gasteiger charge is -2.37. The zero-order valence-corrected chi connectivity index (χ0v) is 15.0. The van der Waals surface area contributed by atoms with E-state index in [9.17, 15) is 15.0 Å². The molecule has 4 nitrogen and oxygen atoms in total. The average molecular weight is 342 g/mol. The molecule has 0 bridgehead atoms. The summed E-state index contributed by atoms with van der Waals surface area (Å²) < 4.78 is 5.89. The van der Waals surface area contributed by atoms with Crippen molar-refractivity contribution < 1.29 is 19.7 Å². The molecule has 1 heterocycles. The second-order valence-electron chi connectivity index (χ2n) is 7.19. The fourth-order valence-corrected chi connectivity index (χ4v) is 4.06. The van der Waals surface area contributed by atoms with Crippen molar-refractivity contribution in [2.45, 2.75) is 58.3 Å². The lowest BCUT2D eigenvalue weighted by atomic mass is 9.73. The number of hydrogen-bond acceptors (Lipinski definition) is 3. The molecule has 1 aliphatic carbocycles. The van der Waals surface area contributed by atoms with Crippen LogP contribution in [0.5, 0.6) is 11.5 Å². The highest BCUT2D eigenvalue weighted by Gasteiger charge is 2.39. The van der Waals surface area contributed by atoms with E-state index in [1.807, 2.05) is 0 Å². The van der Waals surface area contributed by atoms with Crippen LogP contribution < -0.4 is 4.74 Å². The van der Waals surface area contributed by atoms with Crippen LogP contribution in [0.4, 0.5) is 0 Å². The smallest absolute Gasteiger partial charge is 0.339 e. The van der Waals surface area contributed by atoms with Crippen molar-refractivity contribution in [1.29, 1.82) is 0 Å². The summed E-state index contributed by atoms with van der Waals surface area (Å²) in [5.74, 6) is 0.0537. The van der Waals surface area contributed by atoms with Crippen molar-refractivity contribution in [3.8, 4) is 11.5 Å². The van der Waals surface area contributed by atoms with Gasteiger partial charge in [-0.1, -0.05) is 38.0 Å². The Kier molecular flexibility index (Phi) is 4.89. The number of phenolic OH excluding ortho intramolecular Hbond substituents is 1. The summed E-state index contributed by atoms with van der Waals surface area (Å²) in [5, 5.41) is 20.5. The van der Waals surface area contributed by atoms with E-state index in [1.165, 1.54) is 5.57 Å². The Morgan fingerprint density at radius 1 is 1.40 bits per heavy atom. The minimum absolute atomic E-state index is 0.0622. The molecule has 2 N–H and O–H groups in total. The number of carboxylic acid groups (broad SMARTS) is 1. The molecule has 134 valence electrons. The molecule has 0 saturated heterocycles. The standard InChI is InChI=1S/C21H26O4/c1-4-5-6-7-14-11-17(22)19-16-10-12(2)8-9-15(16)13(3)25-20(19)18(14)21(23)24/h10-11,15-16,22H,3-9H2,1-2H3,(H,23,24)/t15-,16+/m0/s1. The highest BCUT2D eigenvalue weighted by Crippen LogP contribution is 2.52. The summed E-state index contributed by atoms with van der Waals surface area (Å²) in [4.78, 5) is 12.0. The van der Waals surface area contributed by atoms with E-state index < -0.39 is 5.97 Å². The Balaban J connectivity index is 2.14. The predicted molar refractivity (Wildman–Crippen MR) is 97.3 cm³/mol. The van der Waals surface area contributed by atoms with Gasteiger partial charge in [-0.3, -0.25) is 0 Å². The van der Waals surface area contributed by atoms with Gasteiger partial charge in [0.15, 0.2) is 0 Å². The van der Waals surface area contributed by atoms with Gasteiger partial charge >= 0.3 is 5.97 Å². The molecule has 0 saturated carbocycles. The van der Waals surface area contributed by atoms with E-state index in [-0.39, 0.29) is 28.9 Å². The van der Waals surface area contributed by atoms with Crippen LogP contribution in [0.1, 0.15) is 73.4 Å². The van der Waals surface area contributed by atoms with Gasteiger partial charge < -0.3 is 14.9 Å². The molecule has 1 aliphatic heterocycles. The number of hydrogen-bond donors (Lipinski definition) is 2. The first-order chi connectivity index (χ1) is 11.9. The molecule has 0 unspecified atom stereocenters. The van der Waals surface area contributed by atoms with Crippen molar-refractivity contribution in [1.82, 2.24) is 0 Å². The van der Waals surface area contributed by atoms with E-state index in [1.54, 1.807) is 6.07 Å². The number of rotatable bonds is 5. The molecule has 3 rings (SSSR count). The number of aromatic carboxylic acids is 1. The number of aryl methyl sites for hydroxylation is 1. The summed E-state index contributed by atoms with van der Waals surface area (Å²) in [7, 11) is 0. The molecular formula is C21H26O4. The van der Waals surface area contributed by atoms with Gasteiger partial charge in [-0.2, -0.15) is 0 Å². The van der Waals surface area contributed by atoms with Crippen LogP contribution in [0, 0.1) is 5.92 Å². The number of carbonyl (C=O) groups is 1. The molecule has 4 heteroatoms. The summed E-state index contributed by atoms with van der Waals surface area (Å²) in [6.45, 7) is 8.21. The largest absolute Gasteiger partial charge is 0.507 e. The molecule has 25 heavy (non-hydrogen) atoms. The number of carboxylic acids is 1. The van der Waals surface area contributed by atoms with Crippen LogP contribution in [0.3, 0.4) is 0 Å². The highest BCUT2D eigenvalue weighted by atomic mass is 16.5. The van der Waals surface area contributed by atoms with Crippen molar-refractivity contribution in [2.24, 2.45) is 5.92 Å². The van der Waals surface area contributed by atoms with E-state index in [0.717, 1.165) is 32.1 Å². The first-order valence-electron chi connectivity index (χ1n) is 9.10. The van der Waals surface area contributed by atoms with E-state index >= 15 is 0 Å². The summed E-state index contributed by atoms with van der Waals surface area (Å²) >= 11 is 0. The van der Waals surface area contributed by atoms with E-state index in [4.69, 9.17) is 4.74 Å². The third-order valence-electron chi connectivity index (χ3n) is 5.37. The van der Waals surface area contributed by atoms with Gasteiger partial charge in [-0.25, -0.2) is 4.79 Å². The first-order valence-corrected chi connectivity index (χ1v) is 9.10. The molecule has 0 radical (unpaired) electrons. The molecule has 2 atom stereocenters. The summed E-state index contributed by atoms with van der Waals surface area (Å²) in [6, 6.07) is 1.63. The zero-order chi connectivity index (χ0) is 18.1. The number of unbranched alkanes of at least 4 members (excludes halogenated alkanes) is 2. The molecule has 1 aromatic carbocycles. The molecular weight excluding hydrogens is 316 g/mol. The first kappa shape index (κ1) is 17.6. The topological polar surface area (TPSA) is 66.8 Å². The second-order valence-corrected chi connectivity index (χ2v) is 7.19. The fourth-order valence-electron chi connectivity index (χ4n) is 4.06. The maximum absolute atomic E-state index is 12.0. The molecule has 0 fully saturated rings. The van der Waals surface area contributed by atoms with E-state index in [2.05, 4.69) is 26.5 Å².